The second-order valence-electron chi connectivity index (χ2n) is 6.67. The molecule has 152 valence electrons. The normalized spacial score (nSPS) is 12.7. The van der Waals surface area contributed by atoms with E-state index in [1.807, 2.05) is 0 Å². The zero-order valence-corrected chi connectivity index (χ0v) is 16.0. The highest BCUT2D eigenvalue weighted by molar-refractivity contribution is 7.89. The molecule has 0 aliphatic carbocycles. The summed E-state index contributed by atoms with van der Waals surface area (Å²) in [5.41, 5.74) is -2.20. The van der Waals surface area contributed by atoms with E-state index in [4.69, 9.17) is 0 Å². The van der Waals surface area contributed by atoms with Gasteiger partial charge in [0.15, 0.2) is 0 Å². The highest BCUT2D eigenvalue weighted by atomic mass is 32.2. The van der Waals surface area contributed by atoms with Crippen molar-refractivity contribution in [3.05, 3.63) is 59.4 Å². The van der Waals surface area contributed by atoms with E-state index < -0.39 is 38.4 Å². The lowest BCUT2D eigenvalue weighted by atomic mass is 10.1. The number of amides is 1. The third-order valence-electron chi connectivity index (χ3n) is 3.92. The third kappa shape index (κ3) is 4.87. The standard InChI is InChI=1S/C18H18F4N2O3S/c1-11-9-13(7-8-15(11)19)23-16(25)12-5-4-6-14(10-12)28(26,27)24-17(2,3)18(20,21)22/h4-10,24H,1-3H3,(H,23,25). The van der Waals surface area contributed by atoms with Gasteiger partial charge < -0.3 is 5.32 Å². The van der Waals surface area contributed by atoms with Crippen LogP contribution in [0.15, 0.2) is 47.4 Å². The van der Waals surface area contributed by atoms with Gasteiger partial charge in [-0.25, -0.2) is 12.8 Å². The van der Waals surface area contributed by atoms with Crippen LogP contribution in [0.25, 0.3) is 0 Å². The maximum absolute atomic E-state index is 13.3. The van der Waals surface area contributed by atoms with Gasteiger partial charge >= 0.3 is 6.18 Å². The quantitative estimate of drug-likeness (QED) is 0.721. The smallest absolute Gasteiger partial charge is 0.322 e. The van der Waals surface area contributed by atoms with Crippen LogP contribution in [0.5, 0.6) is 0 Å². The number of aryl methyl sites for hydroxylation is 1. The largest absolute Gasteiger partial charge is 0.407 e. The fraction of sp³-hybridized carbons (Fsp3) is 0.278. The highest BCUT2D eigenvalue weighted by Gasteiger charge is 2.49. The minimum atomic E-state index is -4.81. The maximum Gasteiger partial charge on any atom is 0.407 e. The summed E-state index contributed by atoms with van der Waals surface area (Å²) in [4.78, 5) is 11.8. The van der Waals surface area contributed by atoms with E-state index in [1.54, 1.807) is 4.72 Å². The molecule has 0 unspecified atom stereocenters. The molecule has 0 saturated heterocycles. The van der Waals surface area contributed by atoms with Crippen LogP contribution in [0, 0.1) is 12.7 Å². The molecule has 0 saturated carbocycles. The molecule has 10 heteroatoms. The monoisotopic (exact) mass is 418 g/mol. The SMILES string of the molecule is Cc1cc(NC(=O)c2cccc(S(=O)(=O)NC(C)(C)C(F)(F)F)c2)ccc1F. The fourth-order valence-corrected chi connectivity index (χ4v) is 3.63. The number of alkyl halides is 3. The molecular formula is C18H18F4N2O3S. The lowest BCUT2D eigenvalue weighted by Crippen LogP contribution is -2.54. The highest BCUT2D eigenvalue weighted by Crippen LogP contribution is 2.31. The Labute approximate surface area is 159 Å². The van der Waals surface area contributed by atoms with E-state index in [0.29, 0.717) is 19.4 Å². The number of anilines is 1. The second kappa shape index (κ2) is 7.51. The Morgan fingerprint density at radius 1 is 1.04 bits per heavy atom. The molecule has 0 radical (unpaired) electrons. The van der Waals surface area contributed by atoms with Gasteiger partial charge in [-0.05, 0) is 62.7 Å². The summed E-state index contributed by atoms with van der Waals surface area (Å²) in [6.07, 6.45) is -4.81. The van der Waals surface area contributed by atoms with Crippen LogP contribution in [0.2, 0.25) is 0 Å². The first-order valence-corrected chi connectivity index (χ1v) is 9.49. The van der Waals surface area contributed by atoms with Crippen molar-refractivity contribution in [2.75, 3.05) is 5.32 Å². The van der Waals surface area contributed by atoms with Crippen LogP contribution in [0.4, 0.5) is 23.2 Å². The first-order valence-electron chi connectivity index (χ1n) is 8.01. The van der Waals surface area contributed by atoms with E-state index >= 15 is 0 Å². The molecule has 5 nitrogen and oxygen atoms in total. The van der Waals surface area contributed by atoms with Gasteiger partial charge in [-0.3, -0.25) is 4.79 Å². The fourth-order valence-electron chi connectivity index (χ4n) is 2.18. The first-order chi connectivity index (χ1) is 12.7. The Morgan fingerprint density at radius 2 is 1.68 bits per heavy atom. The minimum absolute atomic E-state index is 0.0883. The maximum atomic E-state index is 13.3. The van der Waals surface area contributed by atoms with Crippen molar-refractivity contribution in [3.8, 4) is 0 Å². The predicted molar refractivity (Wildman–Crippen MR) is 96.0 cm³/mol. The molecule has 0 bridgehead atoms. The van der Waals surface area contributed by atoms with E-state index in [2.05, 4.69) is 5.32 Å². The van der Waals surface area contributed by atoms with Crippen molar-refractivity contribution in [1.29, 1.82) is 0 Å². The van der Waals surface area contributed by atoms with Gasteiger partial charge in [-0.1, -0.05) is 6.07 Å². The molecule has 2 aromatic carbocycles. The van der Waals surface area contributed by atoms with Crippen molar-refractivity contribution < 1.29 is 30.8 Å². The third-order valence-corrected chi connectivity index (χ3v) is 5.57. The average Bonchev–Trinajstić information content (AvgIpc) is 2.56. The van der Waals surface area contributed by atoms with Crippen LogP contribution in [-0.2, 0) is 10.0 Å². The summed E-state index contributed by atoms with van der Waals surface area (Å²) in [6, 6.07) is 8.46. The van der Waals surface area contributed by atoms with Crippen LogP contribution >= 0.6 is 0 Å². The molecular weight excluding hydrogens is 400 g/mol. The topological polar surface area (TPSA) is 75.3 Å². The molecule has 2 N–H and O–H groups in total. The first kappa shape index (κ1) is 21.8. The number of carbonyl (C=O) groups is 1. The molecule has 0 fully saturated rings. The van der Waals surface area contributed by atoms with Crippen LogP contribution in [-0.4, -0.2) is 26.0 Å². The number of benzene rings is 2. The van der Waals surface area contributed by atoms with Gasteiger partial charge in [0, 0.05) is 11.3 Å². The summed E-state index contributed by atoms with van der Waals surface area (Å²) >= 11 is 0. The average molecular weight is 418 g/mol. The Hall–Kier alpha value is -2.46. The lowest BCUT2D eigenvalue weighted by Gasteiger charge is -2.28. The number of carbonyl (C=O) groups excluding carboxylic acids is 1. The van der Waals surface area contributed by atoms with Gasteiger partial charge in [0.1, 0.15) is 11.4 Å². The Balaban J connectivity index is 2.27. The van der Waals surface area contributed by atoms with Crippen LogP contribution < -0.4 is 10.0 Å². The minimum Gasteiger partial charge on any atom is -0.322 e. The molecule has 2 aromatic rings. The summed E-state index contributed by atoms with van der Waals surface area (Å²) in [5.74, 6) is -1.15. The second-order valence-corrected chi connectivity index (χ2v) is 8.36. The molecule has 0 aliphatic heterocycles. The molecule has 0 atom stereocenters. The van der Waals surface area contributed by atoms with Gasteiger partial charge in [0.05, 0.1) is 4.90 Å². The summed E-state index contributed by atoms with van der Waals surface area (Å²) < 4.78 is 78.5. The van der Waals surface area contributed by atoms with Crippen molar-refractivity contribution in [3.63, 3.8) is 0 Å². The number of halogens is 4. The Kier molecular flexibility index (Phi) is 5.86. The zero-order chi connectivity index (χ0) is 21.3. The molecule has 0 heterocycles. The molecule has 0 spiro atoms. The van der Waals surface area contributed by atoms with E-state index in [1.165, 1.54) is 31.2 Å². The van der Waals surface area contributed by atoms with Crippen LogP contribution in [0.1, 0.15) is 29.8 Å². The molecule has 0 aromatic heterocycles. The summed E-state index contributed by atoms with van der Waals surface area (Å²) in [6.45, 7) is 2.89. The number of rotatable bonds is 5. The zero-order valence-electron chi connectivity index (χ0n) is 15.2. The Morgan fingerprint density at radius 3 is 2.25 bits per heavy atom. The number of sulfonamides is 1. The van der Waals surface area contributed by atoms with E-state index in [0.717, 1.165) is 18.2 Å². The lowest BCUT2D eigenvalue weighted by molar-refractivity contribution is -0.180. The molecule has 0 aliphatic rings. The van der Waals surface area contributed by atoms with Gasteiger partial charge in [-0.15, -0.1) is 0 Å². The van der Waals surface area contributed by atoms with Gasteiger partial charge in [0.2, 0.25) is 10.0 Å². The van der Waals surface area contributed by atoms with Gasteiger partial charge in [0.25, 0.3) is 5.91 Å². The Bertz CT molecular complexity index is 1000. The molecule has 28 heavy (non-hydrogen) atoms. The number of nitrogens with one attached hydrogen (secondary N) is 2. The summed E-state index contributed by atoms with van der Waals surface area (Å²) in [5, 5.41) is 2.48. The van der Waals surface area contributed by atoms with Crippen molar-refractivity contribution in [2.24, 2.45) is 0 Å². The van der Waals surface area contributed by atoms with E-state index in [-0.39, 0.29) is 11.3 Å². The van der Waals surface area contributed by atoms with Crippen molar-refractivity contribution >= 4 is 21.6 Å². The predicted octanol–water partition coefficient (Wildman–Crippen LogP) is 4.01. The number of hydrogen-bond acceptors (Lipinski definition) is 3. The van der Waals surface area contributed by atoms with Crippen molar-refractivity contribution in [2.45, 2.75) is 37.4 Å². The van der Waals surface area contributed by atoms with Crippen molar-refractivity contribution in [1.82, 2.24) is 4.72 Å². The molecule has 2 rings (SSSR count). The van der Waals surface area contributed by atoms with E-state index in [9.17, 15) is 30.8 Å². The van der Waals surface area contributed by atoms with Gasteiger partial charge in [-0.2, -0.15) is 17.9 Å². The molecule has 1 amide bonds. The number of hydrogen-bond donors (Lipinski definition) is 2. The van der Waals surface area contributed by atoms with Crippen LogP contribution in [0.3, 0.4) is 0 Å². The summed E-state index contributed by atoms with van der Waals surface area (Å²) in [7, 11) is -4.54.